The average molecular weight is 190 g/mol. The molecule has 0 saturated heterocycles. The molecule has 76 valence electrons. The monoisotopic (exact) mass is 190 g/mol. The summed E-state index contributed by atoms with van der Waals surface area (Å²) < 4.78 is -0.0750. The van der Waals surface area contributed by atoms with Crippen molar-refractivity contribution in [1.29, 1.82) is 5.26 Å². The summed E-state index contributed by atoms with van der Waals surface area (Å²) in [5.74, 6) is -1.31. The number of carboxylic acids is 1. The Bertz CT molecular complexity index is 209. The molecule has 0 bridgehead atoms. The Labute approximate surface area is 76.5 Å². The first-order valence-electron chi connectivity index (χ1n) is 3.49. The Balaban J connectivity index is 0. The summed E-state index contributed by atoms with van der Waals surface area (Å²) in [7, 11) is 3.16. The van der Waals surface area contributed by atoms with Gasteiger partial charge in [-0.3, -0.25) is 0 Å². The molecule has 0 aliphatic carbocycles. The van der Waals surface area contributed by atoms with E-state index in [2.05, 4.69) is 0 Å². The van der Waals surface area contributed by atoms with E-state index < -0.39 is 18.5 Å². The van der Waals surface area contributed by atoms with Crippen LogP contribution in [-0.4, -0.2) is 47.8 Å². The number of rotatable bonds is 4. The van der Waals surface area contributed by atoms with Gasteiger partial charge in [0.1, 0.15) is 12.6 Å². The van der Waals surface area contributed by atoms with Crippen molar-refractivity contribution in [2.75, 3.05) is 20.6 Å². The predicted octanol–water partition coefficient (Wildman–Crippen LogP) is -2.78. The highest BCUT2D eigenvalue weighted by atomic mass is 16.4. The highest BCUT2D eigenvalue weighted by Gasteiger charge is 2.20. The summed E-state index contributed by atoms with van der Waals surface area (Å²) >= 11 is 0. The molecule has 0 heterocycles. The van der Waals surface area contributed by atoms with Crippen LogP contribution in [0.4, 0.5) is 0 Å². The summed E-state index contributed by atoms with van der Waals surface area (Å²) in [6.07, 6.45) is 0.459. The van der Waals surface area contributed by atoms with E-state index in [1.807, 2.05) is 6.19 Å². The Morgan fingerprint density at radius 3 is 2.46 bits per heavy atom. The van der Waals surface area contributed by atoms with Crippen LogP contribution in [0.25, 0.3) is 0 Å². The highest BCUT2D eigenvalue weighted by Crippen LogP contribution is 1.99. The van der Waals surface area contributed by atoms with E-state index in [1.165, 1.54) is 0 Å². The minimum Gasteiger partial charge on any atom is -0.550 e. The van der Waals surface area contributed by atoms with E-state index in [1.54, 1.807) is 14.1 Å². The SMILES string of the molecule is C[N+](C)(C#N)CC(O)CC(=O)[O-].O. The number of likely N-dealkylation sites (N-methyl/N-ethyl adjacent to an activating group) is 1. The van der Waals surface area contributed by atoms with Crippen LogP contribution in [0.5, 0.6) is 0 Å². The van der Waals surface area contributed by atoms with Gasteiger partial charge >= 0.3 is 6.19 Å². The fourth-order valence-corrected chi connectivity index (χ4v) is 0.825. The highest BCUT2D eigenvalue weighted by molar-refractivity contribution is 5.64. The second-order valence-electron chi connectivity index (χ2n) is 3.20. The molecule has 0 aliphatic heterocycles. The number of carboxylic acid groups (broad SMARTS) is 1. The van der Waals surface area contributed by atoms with E-state index in [9.17, 15) is 9.90 Å². The zero-order chi connectivity index (χ0) is 9.78. The fourth-order valence-electron chi connectivity index (χ4n) is 0.825. The van der Waals surface area contributed by atoms with Gasteiger partial charge in [-0.25, -0.2) is 4.48 Å². The molecule has 0 aromatic rings. The van der Waals surface area contributed by atoms with Crippen molar-refractivity contribution in [3.8, 4) is 6.19 Å². The van der Waals surface area contributed by atoms with Crippen molar-refractivity contribution in [2.45, 2.75) is 12.5 Å². The summed E-state index contributed by atoms with van der Waals surface area (Å²) in [5, 5.41) is 27.6. The van der Waals surface area contributed by atoms with Gasteiger partial charge in [0.25, 0.3) is 0 Å². The molecule has 0 fully saturated rings. The Morgan fingerprint density at radius 2 is 2.15 bits per heavy atom. The smallest absolute Gasteiger partial charge is 0.308 e. The van der Waals surface area contributed by atoms with E-state index >= 15 is 0 Å². The molecule has 3 N–H and O–H groups in total. The Hall–Kier alpha value is -1.16. The Kier molecular flexibility index (Phi) is 6.06. The number of carbonyl (C=O) groups excluding carboxylic acids is 1. The maximum Gasteiger partial charge on any atom is 0.308 e. The van der Waals surface area contributed by atoms with E-state index in [-0.39, 0.29) is 16.5 Å². The van der Waals surface area contributed by atoms with Crippen LogP contribution in [0, 0.1) is 11.5 Å². The van der Waals surface area contributed by atoms with Gasteiger partial charge in [-0.15, -0.1) is 5.26 Å². The first-order valence-corrected chi connectivity index (χ1v) is 3.49. The molecule has 0 amide bonds. The molecular formula is C7H14N2O4. The Morgan fingerprint density at radius 1 is 1.69 bits per heavy atom. The topological polar surface area (TPSA) is 116 Å². The first-order chi connectivity index (χ1) is 5.37. The first kappa shape index (κ1) is 14.4. The molecule has 0 radical (unpaired) electrons. The van der Waals surface area contributed by atoms with Crippen LogP contribution in [0.2, 0.25) is 0 Å². The maximum absolute atomic E-state index is 10.0. The number of nitriles is 1. The van der Waals surface area contributed by atoms with Crippen LogP contribution in [-0.2, 0) is 4.79 Å². The molecule has 0 aromatic heterocycles. The van der Waals surface area contributed by atoms with Crippen molar-refractivity contribution in [3.63, 3.8) is 0 Å². The molecule has 0 rings (SSSR count). The van der Waals surface area contributed by atoms with Gasteiger partial charge in [0, 0.05) is 12.4 Å². The third-order valence-electron chi connectivity index (χ3n) is 1.34. The molecule has 0 aliphatic rings. The van der Waals surface area contributed by atoms with Gasteiger partial charge in [0.2, 0.25) is 0 Å². The molecule has 0 aromatic carbocycles. The largest absolute Gasteiger partial charge is 0.550 e. The van der Waals surface area contributed by atoms with Crippen molar-refractivity contribution >= 4 is 5.97 Å². The molecular weight excluding hydrogens is 176 g/mol. The molecule has 0 spiro atoms. The molecule has 13 heavy (non-hydrogen) atoms. The minimum absolute atomic E-state index is 0. The fraction of sp³-hybridized carbons (Fsp3) is 0.714. The number of aliphatic hydroxyl groups is 1. The van der Waals surface area contributed by atoms with Crippen LogP contribution in [0.1, 0.15) is 6.42 Å². The number of aliphatic hydroxyl groups excluding tert-OH is 1. The summed E-state index contributed by atoms with van der Waals surface area (Å²) in [5.41, 5.74) is 0. The number of hydrogen-bond acceptors (Lipinski definition) is 4. The molecule has 1 atom stereocenters. The number of carbonyl (C=O) groups is 1. The lowest BCUT2D eigenvalue weighted by Gasteiger charge is -2.21. The lowest BCUT2D eigenvalue weighted by atomic mass is 10.2. The lowest BCUT2D eigenvalue weighted by Crippen LogP contribution is -2.42. The summed E-state index contributed by atoms with van der Waals surface area (Å²) in [6.45, 7) is 0.0878. The summed E-state index contributed by atoms with van der Waals surface area (Å²) in [4.78, 5) is 10.0. The van der Waals surface area contributed by atoms with Gasteiger partial charge in [0.15, 0.2) is 0 Å². The molecule has 6 heteroatoms. The van der Waals surface area contributed by atoms with Gasteiger partial charge in [0.05, 0.1) is 14.1 Å². The van der Waals surface area contributed by atoms with Gasteiger partial charge in [-0.05, 0) is 0 Å². The number of quaternary nitrogens is 1. The molecule has 1 unspecified atom stereocenters. The van der Waals surface area contributed by atoms with Gasteiger partial charge in [-0.1, -0.05) is 0 Å². The number of aliphatic carboxylic acids is 1. The van der Waals surface area contributed by atoms with Crippen molar-refractivity contribution in [1.82, 2.24) is 0 Å². The molecule has 0 saturated carbocycles. The van der Waals surface area contributed by atoms with Crippen LogP contribution < -0.4 is 5.11 Å². The van der Waals surface area contributed by atoms with Crippen molar-refractivity contribution in [2.24, 2.45) is 0 Å². The number of nitrogens with zero attached hydrogens (tertiary/aromatic N) is 2. The van der Waals surface area contributed by atoms with Gasteiger partial charge < -0.3 is 20.5 Å². The van der Waals surface area contributed by atoms with Crippen LogP contribution in [0.15, 0.2) is 0 Å². The third-order valence-corrected chi connectivity index (χ3v) is 1.34. The van der Waals surface area contributed by atoms with E-state index in [0.717, 1.165) is 0 Å². The minimum atomic E-state index is -1.31. The molecule has 6 nitrogen and oxygen atoms in total. The van der Waals surface area contributed by atoms with Crippen molar-refractivity contribution < 1.29 is 25.0 Å². The van der Waals surface area contributed by atoms with Crippen molar-refractivity contribution in [3.05, 3.63) is 0 Å². The quantitative estimate of drug-likeness (QED) is 0.381. The standard InChI is InChI=1S/C7H12N2O3.H2O/c1-9(2,5-8)4-6(10)3-7(11)12;/h6,10H,3-4H2,1-2H3;1H2. The van der Waals surface area contributed by atoms with Crippen LogP contribution >= 0.6 is 0 Å². The summed E-state index contributed by atoms with van der Waals surface area (Å²) in [6, 6.07) is 0. The second kappa shape index (κ2) is 5.48. The second-order valence-corrected chi connectivity index (χ2v) is 3.20. The van der Waals surface area contributed by atoms with E-state index in [4.69, 9.17) is 10.4 Å². The van der Waals surface area contributed by atoms with Crippen LogP contribution in [0.3, 0.4) is 0 Å². The van der Waals surface area contributed by atoms with Gasteiger partial charge in [-0.2, -0.15) is 0 Å². The number of hydrogen-bond donors (Lipinski definition) is 1. The third kappa shape index (κ3) is 7.21. The lowest BCUT2D eigenvalue weighted by molar-refractivity contribution is -0.828. The average Bonchev–Trinajstić information content (AvgIpc) is 1.84. The predicted molar refractivity (Wildman–Crippen MR) is 41.8 cm³/mol. The maximum atomic E-state index is 10.0. The normalized spacial score (nSPS) is 12.5. The van der Waals surface area contributed by atoms with E-state index in [0.29, 0.717) is 0 Å². The zero-order valence-electron chi connectivity index (χ0n) is 7.65. The zero-order valence-corrected chi connectivity index (χ0v) is 7.65.